The van der Waals surface area contributed by atoms with E-state index in [2.05, 4.69) is 39.8 Å². The molecule has 0 radical (unpaired) electrons. The molecule has 0 spiro atoms. The second-order valence-electron chi connectivity index (χ2n) is 4.74. The van der Waals surface area contributed by atoms with Crippen LogP contribution in [-0.2, 0) is 0 Å². The van der Waals surface area contributed by atoms with E-state index in [1.165, 1.54) is 17.6 Å². The van der Waals surface area contributed by atoms with E-state index in [4.69, 9.17) is 5.11 Å². The second kappa shape index (κ2) is 8.72. The lowest BCUT2D eigenvalue weighted by atomic mass is 10.0. The van der Waals surface area contributed by atoms with Gasteiger partial charge >= 0.3 is 0 Å². The SMILES string of the molecule is CC(C)=CCC/C(C)=C/CC[C@@H](C)CO. The highest BCUT2D eigenvalue weighted by molar-refractivity contribution is 5.02. The van der Waals surface area contributed by atoms with Gasteiger partial charge in [0.2, 0.25) is 0 Å². The monoisotopic (exact) mass is 210 g/mol. The Morgan fingerprint density at radius 3 is 2.33 bits per heavy atom. The van der Waals surface area contributed by atoms with E-state index in [0.29, 0.717) is 12.5 Å². The van der Waals surface area contributed by atoms with Crippen LogP contribution in [0.15, 0.2) is 23.3 Å². The van der Waals surface area contributed by atoms with Gasteiger partial charge in [-0.25, -0.2) is 0 Å². The maximum absolute atomic E-state index is 8.87. The average Bonchev–Trinajstić information content (AvgIpc) is 2.17. The molecule has 0 saturated carbocycles. The van der Waals surface area contributed by atoms with E-state index in [9.17, 15) is 0 Å². The standard InChI is InChI=1S/C14H26O/c1-12(2)7-5-8-13(3)9-6-10-14(4)11-15/h7,9,14-15H,5-6,8,10-11H2,1-4H3/b13-9+/t14-/m1/s1. The number of aliphatic hydroxyl groups excluding tert-OH is 1. The van der Waals surface area contributed by atoms with Crippen molar-refractivity contribution in [2.24, 2.45) is 5.92 Å². The maximum Gasteiger partial charge on any atom is 0.0456 e. The van der Waals surface area contributed by atoms with Gasteiger partial charge < -0.3 is 5.11 Å². The van der Waals surface area contributed by atoms with Crippen molar-refractivity contribution in [2.45, 2.75) is 53.4 Å². The summed E-state index contributed by atoms with van der Waals surface area (Å²) in [5.74, 6) is 0.437. The highest BCUT2D eigenvalue weighted by Gasteiger charge is 1.97. The van der Waals surface area contributed by atoms with E-state index in [0.717, 1.165) is 19.3 Å². The third-order valence-corrected chi connectivity index (χ3v) is 2.56. The summed E-state index contributed by atoms with van der Waals surface area (Å²) in [5, 5.41) is 8.87. The predicted octanol–water partition coefficient (Wildman–Crippen LogP) is 4.09. The second-order valence-corrected chi connectivity index (χ2v) is 4.74. The summed E-state index contributed by atoms with van der Waals surface area (Å²) in [7, 11) is 0. The van der Waals surface area contributed by atoms with Crippen molar-refractivity contribution in [1.82, 2.24) is 0 Å². The normalized spacial score (nSPS) is 13.8. The zero-order valence-electron chi connectivity index (χ0n) is 10.7. The minimum absolute atomic E-state index is 0.310. The Morgan fingerprint density at radius 1 is 1.13 bits per heavy atom. The summed E-state index contributed by atoms with van der Waals surface area (Å²) in [4.78, 5) is 0. The smallest absolute Gasteiger partial charge is 0.0456 e. The van der Waals surface area contributed by atoms with Crippen LogP contribution < -0.4 is 0 Å². The van der Waals surface area contributed by atoms with E-state index in [1.807, 2.05) is 0 Å². The van der Waals surface area contributed by atoms with Crippen molar-refractivity contribution in [2.75, 3.05) is 6.61 Å². The van der Waals surface area contributed by atoms with Gasteiger partial charge in [-0.05, 0) is 52.4 Å². The van der Waals surface area contributed by atoms with E-state index in [-0.39, 0.29) is 0 Å². The number of rotatable bonds is 7. The van der Waals surface area contributed by atoms with Gasteiger partial charge in [-0.1, -0.05) is 30.2 Å². The molecule has 0 aromatic carbocycles. The van der Waals surface area contributed by atoms with Crippen molar-refractivity contribution in [3.05, 3.63) is 23.3 Å². The van der Waals surface area contributed by atoms with Crippen molar-refractivity contribution in [1.29, 1.82) is 0 Å². The molecule has 0 aliphatic heterocycles. The molecule has 1 nitrogen and oxygen atoms in total. The van der Waals surface area contributed by atoms with Crippen molar-refractivity contribution >= 4 is 0 Å². The molecule has 0 heterocycles. The number of hydrogen-bond donors (Lipinski definition) is 1. The summed E-state index contributed by atoms with van der Waals surface area (Å²) >= 11 is 0. The van der Waals surface area contributed by atoms with Crippen molar-refractivity contribution < 1.29 is 5.11 Å². The molecule has 0 aromatic heterocycles. The molecule has 1 atom stereocenters. The van der Waals surface area contributed by atoms with Gasteiger partial charge in [-0.3, -0.25) is 0 Å². The summed E-state index contributed by atoms with van der Waals surface area (Å²) in [6, 6.07) is 0. The fraction of sp³-hybridized carbons (Fsp3) is 0.714. The van der Waals surface area contributed by atoms with Gasteiger partial charge in [-0.2, -0.15) is 0 Å². The first-order valence-electron chi connectivity index (χ1n) is 5.96. The first-order valence-corrected chi connectivity index (χ1v) is 5.96. The lowest BCUT2D eigenvalue weighted by molar-refractivity contribution is 0.231. The predicted molar refractivity (Wildman–Crippen MR) is 67.9 cm³/mol. The maximum atomic E-state index is 8.87. The molecular weight excluding hydrogens is 184 g/mol. The third kappa shape index (κ3) is 9.74. The fourth-order valence-corrected chi connectivity index (χ4v) is 1.40. The highest BCUT2D eigenvalue weighted by Crippen LogP contribution is 2.11. The molecule has 0 rings (SSSR count). The van der Waals surface area contributed by atoms with Crippen LogP contribution in [0.3, 0.4) is 0 Å². The Morgan fingerprint density at radius 2 is 1.80 bits per heavy atom. The molecule has 15 heavy (non-hydrogen) atoms. The Balaban J connectivity index is 3.65. The van der Waals surface area contributed by atoms with Gasteiger partial charge in [-0.15, -0.1) is 0 Å². The van der Waals surface area contributed by atoms with Gasteiger partial charge in [0, 0.05) is 6.61 Å². The van der Waals surface area contributed by atoms with E-state index >= 15 is 0 Å². The first-order chi connectivity index (χ1) is 7.06. The van der Waals surface area contributed by atoms with Crippen LogP contribution in [0.1, 0.15) is 53.4 Å². The Bertz CT molecular complexity index is 209. The first kappa shape index (κ1) is 14.4. The van der Waals surface area contributed by atoms with Crippen LogP contribution in [0.25, 0.3) is 0 Å². The number of allylic oxidation sites excluding steroid dienone is 4. The summed E-state index contributed by atoms with van der Waals surface area (Å²) < 4.78 is 0. The topological polar surface area (TPSA) is 20.2 Å². The van der Waals surface area contributed by atoms with Crippen molar-refractivity contribution in [3.8, 4) is 0 Å². The van der Waals surface area contributed by atoms with E-state index < -0.39 is 0 Å². The van der Waals surface area contributed by atoms with Crippen LogP contribution in [0.4, 0.5) is 0 Å². The molecule has 0 aliphatic carbocycles. The summed E-state index contributed by atoms with van der Waals surface area (Å²) in [6.07, 6.45) is 9.11. The average molecular weight is 210 g/mol. The quantitative estimate of drug-likeness (QED) is 0.628. The number of aliphatic hydroxyl groups is 1. The van der Waals surface area contributed by atoms with E-state index in [1.54, 1.807) is 0 Å². The lowest BCUT2D eigenvalue weighted by Gasteiger charge is -2.05. The molecule has 0 bridgehead atoms. The molecule has 0 saturated heterocycles. The molecule has 0 aromatic rings. The van der Waals surface area contributed by atoms with Gasteiger partial charge in [0.1, 0.15) is 0 Å². The molecule has 0 aliphatic rings. The third-order valence-electron chi connectivity index (χ3n) is 2.56. The number of hydrogen-bond acceptors (Lipinski definition) is 1. The minimum atomic E-state index is 0.310. The zero-order valence-corrected chi connectivity index (χ0v) is 10.7. The van der Waals surface area contributed by atoms with Crippen LogP contribution in [0, 0.1) is 5.92 Å². The van der Waals surface area contributed by atoms with Crippen LogP contribution in [-0.4, -0.2) is 11.7 Å². The highest BCUT2D eigenvalue weighted by atomic mass is 16.3. The van der Waals surface area contributed by atoms with Gasteiger partial charge in [0.25, 0.3) is 0 Å². The molecule has 88 valence electrons. The zero-order chi connectivity index (χ0) is 11.7. The Labute approximate surface area is 94.9 Å². The molecule has 0 fully saturated rings. The van der Waals surface area contributed by atoms with Crippen LogP contribution >= 0.6 is 0 Å². The van der Waals surface area contributed by atoms with Crippen LogP contribution in [0.2, 0.25) is 0 Å². The van der Waals surface area contributed by atoms with Gasteiger partial charge in [0.05, 0.1) is 0 Å². The molecule has 1 N–H and O–H groups in total. The molecule has 0 unspecified atom stereocenters. The Hall–Kier alpha value is -0.560. The minimum Gasteiger partial charge on any atom is -0.396 e. The van der Waals surface area contributed by atoms with Crippen molar-refractivity contribution in [3.63, 3.8) is 0 Å². The van der Waals surface area contributed by atoms with Crippen LogP contribution in [0.5, 0.6) is 0 Å². The summed E-state index contributed by atoms with van der Waals surface area (Å²) in [6.45, 7) is 8.88. The molecular formula is C14H26O. The molecule has 0 amide bonds. The largest absolute Gasteiger partial charge is 0.396 e. The Kier molecular flexibility index (Phi) is 8.40. The summed E-state index contributed by atoms with van der Waals surface area (Å²) in [5.41, 5.74) is 2.87. The van der Waals surface area contributed by atoms with Gasteiger partial charge in [0.15, 0.2) is 0 Å². The fourth-order valence-electron chi connectivity index (χ4n) is 1.40. The lowest BCUT2D eigenvalue weighted by Crippen LogP contribution is -1.99. The molecule has 1 heteroatoms.